The van der Waals surface area contributed by atoms with Crippen molar-refractivity contribution < 1.29 is 14.3 Å². The summed E-state index contributed by atoms with van der Waals surface area (Å²) >= 11 is 0. The number of aromatic nitrogens is 1. The van der Waals surface area contributed by atoms with Gasteiger partial charge < -0.3 is 15.3 Å². The highest BCUT2D eigenvalue weighted by Crippen LogP contribution is 2.52. The largest absolute Gasteiger partial charge is 0.465 e. The number of hydrogen-bond acceptors (Lipinski definition) is 3. The molecular weight excluding hydrogens is 309 g/mol. The molecule has 2 aromatic rings. The van der Waals surface area contributed by atoms with Crippen molar-refractivity contribution in [1.82, 2.24) is 10.3 Å². The Kier molecular flexibility index (Phi) is 3.55. The molecule has 1 saturated heterocycles. The Bertz CT molecular complexity index is 789. The monoisotopic (exact) mass is 329 g/mol. The summed E-state index contributed by atoms with van der Waals surface area (Å²) in [4.78, 5) is 17.5. The lowest BCUT2D eigenvalue weighted by Gasteiger charge is -2.45. The first-order valence-electron chi connectivity index (χ1n) is 8.31. The Labute approximate surface area is 139 Å². The van der Waals surface area contributed by atoms with Crippen LogP contribution in [0.3, 0.4) is 0 Å². The Morgan fingerprint density at radius 2 is 2.21 bits per heavy atom. The minimum absolute atomic E-state index is 0.243. The number of hydrogen-bond donors (Lipinski definition) is 2. The smallest absolute Gasteiger partial charge is 0.404 e. The molecule has 0 radical (unpaired) electrons. The average molecular weight is 329 g/mol. The molecule has 1 amide bonds. The number of pyridine rings is 1. The minimum Gasteiger partial charge on any atom is -0.465 e. The lowest BCUT2D eigenvalue weighted by Crippen LogP contribution is -2.44. The molecule has 0 atom stereocenters. The summed E-state index contributed by atoms with van der Waals surface area (Å²) in [6.07, 6.45) is 2.32. The van der Waals surface area contributed by atoms with Crippen molar-refractivity contribution in [3.63, 3.8) is 0 Å². The molecule has 6 heteroatoms. The van der Waals surface area contributed by atoms with Crippen molar-refractivity contribution in [2.75, 3.05) is 24.5 Å². The number of nitrogens with zero attached hydrogens (tertiary/aromatic N) is 2. The van der Waals surface area contributed by atoms with E-state index in [1.165, 1.54) is 12.1 Å². The van der Waals surface area contributed by atoms with E-state index in [0.29, 0.717) is 17.9 Å². The van der Waals surface area contributed by atoms with E-state index in [-0.39, 0.29) is 5.82 Å². The molecule has 1 aromatic carbocycles. The van der Waals surface area contributed by atoms with Gasteiger partial charge in [-0.3, -0.25) is 0 Å². The number of carboxylic acid groups (broad SMARTS) is 1. The number of carbonyl (C=O) groups is 1. The van der Waals surface area contributed by atoms with Gasteiger partial charge >= 0.3 is 6.09 Å². The fourth-order valence-electron chi connectivity index (χ4n) is 4.27. The van der Waals surface area contributed by atoms with Crippen molar-refractivity contribution in [3.05, 3.63) is 36.1 Å². The maximum absolute atomic E-state index is 13.3. The highest BCUT2D eigenvalue weighted by atomic mass is 19.1. The molecule has 5 nitrogen and oxygen atoms in total. The predicted molar refractivity (Wildman–Crippen MR) is 89.7 cm³/mol. The molecule has 0 bridgehead atoms. The quantitative estimate of drug-likeness (QED) is 0.907. The van der Waals surface area contributed by atoms with Gasteiger partial charge in [0.15, 0.2) is 0 Å². The van der Waals surface area contributed by atoms with Gasteiger partial charge in [0.05, 0.1) is 5.52 Å². The summed E-state index contributed by atoms with van der Waals surface area (Å²) in [5, 5.41) is 12.0. The number of fused-ring (bicyclic) bond motifs is 1. The number of benzene rings is 1. The fourth-order valence-corrected chi connectivity index (χ4v) is 4.27. The zero-order valence-electron chi connectivity index (χ0n) is 13.3. The van der Waals surface area contributed by atoms with Gasteiger partial charge in [-0.1, -0.05) is 0 Å². The van der Waals surface area contributed by atoms with Gasteiger partial charge in [0.2, 0.25) is 0 Å². The molecular formula is C18H20FN3O2. The van der Waals surface area contributed by atoms with E-state index in [1.54, 1.807) is 6.07 Å². The summed E-state index contributed by atoms with van der Waals surface area (Å²) in [5.41, 5.74) is 1.12. The van der Waals surface area contributed by atoms with Gasteiger partial charge in [0.25, 0.3) is 0 Å². The van der Waals surface area contributed by atoms with Crippen LogP contribution < -0.4 is 10.2 Å². The fraction of sp³-hybridized carbons (Fsp3) is 0.444. The summed E-state index contributed by atoms with van der Waals surface area (Å²) in [5.74, 6) is 1.15. The summed E-state index contributed by atoms with van der Waals surface area (Å²) < 4.78 is 13.3. The molecule has 24 heavy (non-hydrogen) atoms. The van der Waals surface area contributed by atoms with E-state index < -0.39 is 6.09 Å². The molecule has 1 saturated carbocycles. The summed E-state index contributed by atoms with van der Waals surface area (Å²) in [6, 6.07) is 8.55. The van der Waals surface area contributed by atoms with Crippen molar-refractivity contribution in [3.8, 4) is 0 Å². The van der Waals surface area contributed by atoms with Gasteiger partial charge in [0, 0.05) is 25.0 Å². The third-order valence-corrected chi connectivity index (χ3v) is 5.38. The van der Waals surface area contributed by atoms with Gasteiger partial charge in [0.1, 0.15) is 11.6 Å². The van der Waals surface area contributed by atoms with E-state index >= 15 is 0 Å². The van der Waals surface area contributed by atoms with Crippen LogP contribution in [0.25, 0.3) is 10.9 Å². The Hall–Kier alpha value is -2.37. The molecule has 1 spiro atoms. The van der Waals surface area contributed by atoms with Gasteiger partial charge in [-0.25, -0.2) is 14.2 Å². The second kappa shape index (κ2) is 5.61. The SMILES string of the molecule is O=C(O)NCC1CC2(CCN(c3ccc4cc(F)ccc4n3)C2)C1. The third-order valence-electron chi connectivity index (χ3n) is 5.38. The Morgan fingerprint density at radius 1 is 1.38 bits per heavy atom. The Balaban J connectivity index is 1.42. The molecule has 2 N–H and O–H groups in total. The molecule has 4 rings (SSSR count). The maximum Gasteiger partial charge on any atom is 0.404 e. The van der Waals surface area contributed by atoms with Gasteiger partial charge in [-0.2, -0.15) is 0 Å². The number of amides is 1. The van der Waals surface area contributed by atoms with E-state index in [1.807, 2.05) is 12.1 Å². The van der Waals surface area contributed by atoms with Gasteiger partial charge in [-0.05, 0) is 60.9 Å². The van der Waals surface area contributed by atoms with E-state index in [4.69, 9.17) is 5.11 Å². The molecule has 0 unspecified atom stereocenters. The van der Waals surface area contributed by atoms with Crippen LogP contribution >= 0.6 is 0 Å². The zero-order valence-corrected chi connectivity index (χ0v) is 13.3. The second-order valence-corrected chi connectivity index (χ2v) is 7.14. The predicted octanol–water partition coefficient (Wildman–Crippen LogP) is 3.25. The molecule has 1 aliphatic carbocycles. The standard InChI is InChI=1S/C18H20FN3O2/c19-14-2-3-15-13(7-14)1-4-16(21-15)22-6-5-18(11-22)8-12(9-18)10-20-17(23)24/h1-4,7,12,20H,5-6,8-11H2,(H,23,24). The highest BCUT2D eigenvalue weighted by molar-refractivity contribution is 5.80. The van der Waals surface area contributed by atoms with Crippen LogP contribution in [0.1, 0.15) is 19.3 Å². The summed E-state index contributed by atoms with van der Waals surface area (Å²) in [6.45, 7) is 2.49. The van der Waals surface area contributed by atoms with Crippen molar-refractivity contribution in [2.45, 2.75) is 19.3 Å². The number of nitrogens with one attached hydrogen (secondary N) is 1. The van der Waals surface area contributed by atoms with Crippen LogP contribution in [0.15, 0.2) is 30.3 Å². The second-order valence-electron chi connectivity index (χ2n) is 7.14. The van der Waals surface area contributed by atoms with Crippen LogP contribution in [-0.4, -0.2) is 35.8 Å². The normalized spacial score (nSPS) is 25.9. The number of halogens is 1. The third kappa shape index (κ3) is 2.77. The first-order chi connectivity index (χ1) is 11.5. The topological polar surface area (TPSA) is 65.5 Å². The number of rotatable bonds is 3. The molecule has 1 aliphatic heterocycles. The maximum atomic E-state index is 13.3. The van der Waals surface area contributed by atoms with Crippen LogP contribution in [0.5, 0.6) is 0 Å². The van der Waals surface area contributed by atoms with Gasteiger partial charge in [-0.15, -0.1) is 0 Å². The van der Waals surface area contributed by atoms with Crippen LogP contribution in [0, 0.1) is 17.2 Å². The lowest BCUT2D eigenvalue weighted by molar-refractivity contribution is 0.0775. The van der Waals surface area contributed by atoms with Crippen molar-refractivity contribution >= 4 is 22.8 Å². The lowest BCUT2D eigenvalue weighted by atomic mass is 9.61. The molecule has 126 valence electrons. The minimum atomic E-state index is -0.944. The average Bonchev–Trinajstić information content (AvgIpc) is 2.96. The highest BCUT2D eigenvalue weighted by Gasteiger charge is 2.48. The first-order valence-corrected chi connectivity index (χ1v) is 8.31. The molecule has 2 aliphatic rings. The molecule has 2 heterocycles. The number of anilines is 1. The Morgan fingerprint density at radius 3 is 3.00 bits per heavy atom. The molecule has 1 aromatic heterocycles. The van der Waals surface area contributed by atoms with E-state index in [2.05, 4.69) is 15.2 Å². The van der Waals surface area contributed by atoms with Crippen molar-refractivity contribution in [1.29, 1.82) is 0 Å². The van der Waals surface area contributed by atoms with Crippen LogP contribution in [-0.2, 0) is 0 Å². The van der Waals surface area contributed by atoms with Crippen LogP contribution in [0.4, 0.5) is 15.0 Å². The van der Waals surface area contributed by atoms with Crippen molar-refractivity contribution in [2.24, 2.45) is 11.3 Å². The zero-order chi connectivity index (χ0) is 16.7. The van der Waals surface area contributed by atoms with Crippen LogP contribution in [0.2, 0.25) is 0 Å². The summed E-state index contributed by atoms with van der Waals surface area (Å²) in [7, 11) is 0. The first kappa shape index (κ1) is 15.2. The molecule has 2 fully saturated rings. The van der Waals surface area contributed by atoms with E-state index in [9.17, 15) is 9.18 Å². The van der Waals surface area contributed by atoms with E-state index in [0.717, 1.165) is 49.1 Å².